The molecule has 0 unspecified atom stereocenters. The van der Waals surface area contributed by atoms with Gasteiger partial charge >= 0.3 is 5.97 Å². The molecule has 39 heavy (non-hydrogen) atoms. The second kappa shape index (κ2) is 11.5. The predicted molar refractivity (Wildman–Crippen MR) is 145 cm³/mol. The first-order valence-corrected chi connectivity index (χ1v) is 13.9. The van der Waals surface area contributed by atoms with Crippen molar-refractivity contribution in [1.82, 2.24) is 10.2 Å². The van der Waals surface area contributed by atoms with Gasteiger partial charge in [-0.15, -0.1) is 0 Å². The Balaban J connectivity index is 1.51. The van der Waals surface area contributed by atoms with Crippen LogP contribution in [0.3, 0.4) is 0 Å². The van der Waals surface area contributed by atoms with Crippen LogP contribution in [0, 0.1) is 6.92 Å². The number of aromatic hydroxyl groups is 1. The third-order valence-corrected chi connectivity index (χ3v) is 7.67. The van der Waals surface area contributed by atoms with Crippen molar-refractivity contribution in [3.05, 3.63) is 82.9 Å². The number of rotatable bonds is 8. The number of carbonyl (C=O) groups excluding carboxylic acids is 1. The Morgan fingerprint density at radius 2 is 1.85 bits per heavy atom. The normalized spacial score (nSPS) is 16.9. The van der Waals surface area contributed by atoms with E-state index in [0.717, 1.165) is 16.7 Å². The molecule has 11 heteroatoms. The van der Waals surface area contributed by atoms with Crippen LogP contribution in [-0.2, 0) is 26.1 Å². The van der Waals surface area contributed by atoms with Crippen molar-refractivity contribution in [2.75, 3.05) is 19.8 Å². The number of nitrogens with zero attached hydrogens (tertiary/aromatic N) is 1. The van der Waals surface area contributed by atoms with Crippen LogP contribution in [0.2, 0.25) is 0 Å². The summed E-state index contributed by atoms with van der Waals surface area (Å²) in [5.74, 6) is -1.19. The zero-order valence-electron chi connectivity index (χ0n) is 21.6. The summed E-state index contributed by atoms with van der Waals surface area (Å²) < 4.78 is 29.0. The van der Waals surface area contributed by atoms with Crippen molar-refractivity contribution in [3.63, 3.8) is 0 Å². The summed E-state index contributed by atoms with van der Waals surface area (Å²) in [4.78, 5) is 26.3. The second-order valence-corrected chi connectivity index (χ2v) is 11.2. The van der Waals surface area contributed by atoms with E-state index in [1.54, 1.807) is 37.3 Å². The fourth-order valence-electron chi connectivity index (χ4n) is 4.67. The van der Waals surface area contributed by atoms with E-state index in [2.05, 4.69) is 5.32 Å². The number of nitrogens with one attached hydrogen (secondary N) is 1. The van der Waals surface area contributed by atoms with Crippen molar-refractivity contribution in [3.8, 4) is 16.9 Å². The van der Waals surface area contributed by atoms with Crippen molar-refractivity contribution < 1.29 is 33.0 Å². The third-order valence-electron chi connectivity index (χ3n) is 6.76. The quantitative estimate of drug-likeness (QED) is 0.331. The van der Waals surface area contributed by atoms with Gasteiger partial charge in [-0.3, -0.25) is 9.69 Å². The van der Waals surface area contributed by atoms with Crippen LogP contribution >= 0.6 is 0 Å². The van der Waals surface area contributed by atoms with Crippen molar-refractivity contribution >= 4 is 21.9 Å². The van der Waals surface area contributed by atoms with Crippen LogP contribution in [-0.4, -0.2) is 61.2 Å². The van der Waals surface area contributed by atoms with E-state index in [1.165, 1.54) is 24.3 Å². The highest BCUT2D eigenvalue weighted by Gasteiger charge is 2.30. The Kier molecular flexibility index (Phi) is 8.36. The number of hydrogen-bond donors (Lipinski definition) is 4. The number of benzene rings is 3. The fourth-order valence-corrected chi connectivity index (χ4v) is 5.27. The van der Waals surface area contributed by atoms with Crippen LogP contribution in [0.1, 0.15) is 40.0 Å². The summed E-state index contributed by atoms with van der Waals surface area (Å²) in [6.45, 7) is 5.14. The number of phenols is 1. The molecule has 3 aromatic rings. The Labute approximate surface area is 227 Å². The minimum absolute atomic E-state index is 0.0124. The SMILES string of the molecule is Cc1cc(S(N)(=O)=O)ccc1-c1cc(O)cc(CN2CCOC[C@@H]2C(=O)N[C@@H](C)c2ccc(C(=O)O)cc2)c1. The van der Waals surface area contributed by atoms with Crippen LogP contribution in [0.5, 0.6) is 5.75 Å². The number of carboxylic acids is 1. The maximum absolute atomic E-state index is 13.2. The maximum atomic E-state index is 13.2. The number of ether oxygens (including phenoxy) is 1. The summed E-state index contributed by atoms with van der Waals surface area (Å²) in [6.07, 6.45) is 0. The first-order valence-electron chi connectivity index (χ1n) is 12.3. The molecule has 0 bridgehead atoms. The van der Waals surface area contributed by atoms with E-state index < -0.39 is 22.0 Å². The number of carboxylic acid groups (broad SMARTS) is 1. The number of aryl methyl sites for hydroxylation is 1. The van der Waals surface area contributed by atoms with Crippen molar-refractivity contribution in [2.24, 2.45) is 5.14 Å². The zero-order valence-corrected chi connectivity index (χ0v) is 22.4. The number of aromatic carboxylic acids is 1. The molecule has 0 spiro atoms. The zero-order chi connectivity index (χ0) is 28.3. The van der Waals surface area contributed by atoms with Gasteiger partial charge in [-0.05, 0) is 84.1 Å². The van der Waals surface area contributed by atoms with Gasteiger partial charge in [0.25, 0.3) is 0 Å². The van der Waals surface area contributed by atoms with Crippen molar-refractivity contribution in [2.45, 2.75) is 37.4 Å². The lowest BCUT2D eigenvalue weighted by molar-refractivity contribution is -0.133. The number of primary sulfonamides is 1. The lowest BCUT2D eigenvalue weighted by Gasteiger charge is -2.35. The molecule has 1 heterocycles. The second-order valence-electron chi connectivity index (χ2n) is 9.63. The molecular weight excluding hydrogens is 522 g/mol. The lowest BCUT2D eigenvalue weighted by Crippen LogP contribution is -2.53. The number of phenolic OH excluding ortho intramolecular Hbond substituents is 1. The molecule has 0 radical (unpaired) electrons. The van der Waals surface area contributed by atoms with E-state index in [-0.39, 0.29) is 34.8 Å². The van der Waals surface area contributed by atoms with Gasteiger partial charge in [0, 0.05) is 13.1 Å². The van der Waals surface area contributed by atoms with E-state index in [0.29, 0.717) is 30.8 Å². The summed E-state index contributed by atoms with van der Waals surface area (Å²) in [5, 5.41) is 27.8. The van der Waals surface area contributed by atoms with Gasteiger partial charge in [0.2, 0.25) is 15.9 Å². The highest BCUT2D eigenvalue weighted by atomic mass is 32.2. The molecule has 4 rings (SSSR count). The molecule has 1 amide bonds. The largest absolute Gasteiger partial charge is 0.508 e. The van der Waals surface area contributed by atoms with Gasteiger partial charge in [0.1, 0.15) is 11.8 Å². The minimum Gasteiger partial charge on any atom is -0.508 e. The number of sulfonamides is 1. The molecule has 1 fully saturated rings. The van der Waals surface area contributed by atoms with Crippen LogP contribution in [0.4, 0.5) is 0 Å². The van der Waals surface area contributed by atoms with Gasteiger partial charge in [0.15, 0.2) is 0 Å². The fraction of sp³-hybridized carbons (Fsp3) is 0.286. The Morgan fingerprint density at radius 1 is 1.13 bits per heavy atom. The van der Waals surface area contributed by atoms with E-state index in [4.69, 9.17) is 15.0 Å². The Morgan fingerprint density at radius 3 is 2.49 bits per heavy atom. The average molecular weight is 554 g/mol. The summed E-state index contributed by atoms with van der Waals surface area (Å²) >= 11 is 0. The average Bonchev–Trinajstić information content (AvgIpc) is 2.88. The van der Waals surface area contributed by atoms with E-state index in [9.17, 15) is 23.1 Å². The minimum atomic E-state index is -3.84. The van der Waals surface area contributed by atoms with Gasteiger partial charge < -0.3 is 20.3 Å². The Hall–Kier alpha value is -3.77. The summed E-state index contributed by atoms with van der Waals surface area (Å²) in [7, 11) is -3.84. The van der Waals surface area contributed by atoms with Gasteiger partial charge in [-0.1, -0.05) is 18.2 Å². The summed E-state index contributed by atoms with van der Waals surface area (Å²) in [6, 6.07) is 15.1. The highest BCUT2D eigenvalue weighted by Crippen LogP contribution is 2.30. The van der Waals surface area contributed by atoms with Gasteiger partial charge in [-0.25, -0.2) is 18.4 Å². The molecule has 0 saturated carbocycles. The lowest BCUT2D eigenvalue weighted by atomic mass is 9.98. The smallest absolute Gasteiger partial charge is 0.335 e. The van der Waals surface area contributed by atoms with Gasteiger partial charge in [0.05, 0.1) is 29.7 Å². The number of nitrogens with two attached hydrogens (primary N) is 1. The van der Waals surface area contributed by atoms with E-state index in [1.807, 2.05) is 17.9 Å². The molecule has 1 saturated heterocycles. The van der Waals surface area contributed by atoms with Crippen LogP contribution in [0.15, 0.2) is 65.6 Å². The number of hydrogen-bond acceptors (Lipinski definition) is 7. The number of amides is 1. The van der Waals surface area contributed by atoms with Crippen LogP contribution < -0.4 is 10.5 Å². The molecule has 0 aliphatic carbocycles. The molecule has 3 aromatic carbocycles. The number of morpholine rings is 1. The third kappa shape index (κ3) is 6.82. The molecule has 206 valence electrons. The Bertz CT molecular complexity index is 1490. The first kappa shape index (κ1) is 28.2. The predicted octanol–water partition coefficient (Wildman–Crippen LogP) is 2.79. The molecule has 0 aromatic heterocycles. The standard InChI is InChI=1S/C28H31N3O7S/c1-17-11-24(39(29,36)37)7-8-25(17)22-12-19(13-23(32)14-22)15-31-9-10-38-16-26(31)27(33)30-18(2)20-3-5-21(6-4-20)28(34)35/h3-8,11-14,18,26,32H,9-10,15-16H2,1-2H3,(H,30,33)(H,34,35)(H2,29,36,37)/t18-,26+/m0/s1. The highest BCUT2D eigenvalue weighted by molar-refractivity contribution is 7.89. The topological polar surface area (TPSA) is 159 Å². The maximum Gasteiger partial charge on any atom is 0.335 e. The van der Waals surface area contributed by atoms with Crippen LogP contribution in [0.25, 0.3) is 11.1 Å². The molecule has 1 aliphatic heterocycles. The number of carbonyl (C=O) groups is 2. The van der Waals surface area contributed by atoms with Gasteiger partial charge in [-0.2, -0.15) is 0 Å². The molecule has 5 N–H and O–H groups in total. The molecule has 1 aliphatic rings. The van der Waals surface area contributed by atoms with Crippen molar-refractivity contribution in [1.29, 1.82) is 0 Å². The first-order chi connectivity index (χ1) is 18.4. The molecule has 10 nitrogen and oxygen atoms in total. The molecular formula is C28H31N3O7S. The summed E-state index contributed by atoms with van der Waals surface area (Å²) in [5.41, 5.74) is 3.86. The monoisotopic (exact) mass is 553 g/mol. The van der Waals surface area contributed by atoms with E-state index >= 15 is 0 Å². The molecule has 2 atom stereocenters.